The molecule has 0 spiro atoms. The van der Waals surface area contributed by atoms with Crippen LogP contribution in [0.2, 0.25) is 0 Å². The van der Waals surface area contributed by atoms with Gasteiger partial charge in [0, 0.05) is 31.0 Å². The largest absolute Gasteiger partial charge is 0.384 e. The van der Waals surface area contributed by atoms with Crippen LogP contribution in [-0.2, 0) is 4.74 Å². The van der Waals surface area contributed by atoms with Gasteiger partial charge in [-0.25, -0.2) is 0 Å². The lowest BCUT2D eigenvalue weighted by Gasteiger charge is -2.33. The first-order valence-electron chi connectivity index (χ1n) is 6.52. The SMILES string of the molecule is CC(=O)c1ccc(NCC2(C)CCOCC2)cc1. The van der Waals surface area contributed by atoms with E-state index < -0.39 is 0 Å². The zero-order valence-electron chi connectivity index (χ0n) is 11.2. The molecule has 0 atom stereocenters. The first-order valence-corrected chi connectivity index (χ1v) is 6.52. The zero-order valence-corrected chi connectivity index (χ0v) is 11.2. The number of anilines is 1. The molecule has 3 nitrogen and oxygen atoms in total. The van der Waals surface area contributed by atoms with Gasteiger partial charge in [0.05, 0.1) is 0 Å². The summed E-state index contributed by atoms with van der Waals surface area (Å²) < 4.78 is 5.39. The summed E-state index contributed by atoms with van der Waals surface area (Å²) in [6, 6.07) is 7.69. The minimum Gasteiger partial charge on any atom is -0.384 e. The van der Waals surface area contributed by atoms with E-state index in [1.165, 1.54) is 0 Å². The third kappa shape index (κ3) is 3.33. The Morgan fingerprint density at radius 1 is 1.28 bits per heavy atom. The fraction of sp³-hybridized carbons (Fsp3) is 0.533. The fourth-order valence-corrected chi connectivity index (χ4v) is 2.18. The second-order valence-corrected chi connectivity index (χ2v) is 5.41. The van der Waals surface area contributed by atoms with Crippen molar-refractivity contribution in [3.05, 3.63) is 29.8 Å². The first kappa shape index (κ1) is 13.1. The molecule has 0 aliphatic carbocycles. The summed E-state index contributed by atoms with van der Waals surface area (Å²) in [7, 11) is 0. The molecule has 1 aromatic carbocycles. The van der Waals surface area contributed by atoms with Crippen LogP contribution in [0.15, 0.2) is 24.3 Å². The van der Waals surface area contributed by atoms with Crippen molar-refractivity contribution in [2.75, 3.05) is 25.1 Å². The molecule has 3 heteroatoms. The summed E-state index contributed by atoms with van der Waals surface area (Å²) in [5.74, 6) is 0.109. The Kier molecular flexibility index (Phi) is 4.02. The normalized spacial score (nSPS) is 18.3. The highest BCUT2D eigenvalue weighted by Crippen LogP contribution is 2.29. The van der Waals surface area contributed by atoms with Gasteiger partial charge in [-0.05, 0) is 49.4 Å². The van der Waals surface area contributed by atoms with E-state index in [9.17, 15) is 4.79 Å². The second kappa shape index (κ2) is 5.53. The highest BCUT2D eigenvalue weighted by atomic mass is 16.5. The third-order valence-corrected chi connectivity index (χ3v) is 3.71. The number of carbonyl (C=O) groups excluding carboxylic acids is 1. The molecule has 0 radical (unpaired) electrons. The molecule has 1 aromatic rings. The molecule has 0 amide bonds. The van der Waals surface area contributed by atoms with Crippen molar-refractivity contribution in [2.45, 2.75) is 26.7 Å². The number of hydrogen-bond donors (Lipinski definition) is 1. The van der Waals surface area contributed by atoms with Crippen LogP contribution in [0.5, 0.6) is 0 Å². The standard InChI is InChI=1S/C15H21NO2/c1-12(17)13-3-5-14(6-4-13)16-11-15(2)7-9-18-10-8-15/h3-6,16H,7-11H2,1-2H3. The van der Waals surface area contributed by atoms with Gasteiger partial charge >= 0.3 is 0 Å². The van der Waals surface area contributed by atoms with Gasteiger partial charge in [0.1, 0.15) is 0 Å². The smallest absolute Gasteiger partial charge is 0.159 e. The van der Waals surface area contributed by atoms with Crippen molar-refractivity contribution in [2.24, 2.45) is 5.41 Å². The molecule has 1 fully saturated rings. The maximum absolute atomic E-state index is 11.2. The Bertz CT molecular complexity index is 405. The lowest BCUT2D eigenvalue weighted by molar-refractivity contribution is 0.0300. The van der Waals surface area contributed by atoms with Gasteiger partial charge in [-0.15, -0.1) is 0 Å². The minimum absolute atomic E-state index is 0.109. The van der Waals surface area contributed by atoms with Gasteiger partial charge in [0.25, 0.3) is 0 Å². The van der Waals surface area contributed by atoms with Crippen LogP contribution in [0.1, 0.15) is 37.0 Å². The van der Waals surface area contributed by atoms with Crippen LogP contribution in [0.25, 0.3) is 0 Å². The Morgan fingerprint density at radius 2 is 1.89 bits per heavy atom. The van der Waals surface area contributed by atoms with Crippen LogP contribution in [0.3, 0.4) is 0 Å². The number of ether oxygens (including phenoxy) is 1. The number of Topliss-reactive ketones (excluding diaryl/α,β-unsaturated/α-hetero) is 1. The highest BCUT2D eigenvalue weighted by molar-refractivity contribution is 5.94. The Balaban J connectivity index is 1.91. The van der Waals surface area contributed by atoms with Crippen LogP contribution in [0.4, 0.5) is 5.69 Å². The Labute approximate surface area is 109 Å². The number of nitrogens with one attached hydrogen (secondary N) is 1. The van der Waals surface area contributed by atoms with E-state index in [-0.39, 0.29) is 5.78 Å². The van der Waals surface area contributed by atoms with Crippen LogP contribution in [-0.4, -0.2) is 25.5 Å². The fourth-order valence-electron chi connectivity index (χ4n) is 2.18. The Hall–Kier alpha value is -1.35. The highest BCUT2D eigenvalue weighted by Gasteiger charge is 2.26. The monoisotopic (exact) mass is 247 g/mol. The van der Waals surface area contributed by atoms with E-state index in [0.29, 0.717) is 5.41 Å². The minimum atomic E-state index is 0.109. The average Bonchev–Trinajstić information content (AvgIpc) is 2.38. The molecule has 0 unspecified atom stereocenters. The third-order valence-electron chi connectivity index (χ3n) is 3.71. The van der Waals surface area contributed by atoms with Gasteiger partial charge in [0.15, 0.2) is 5.78 Å². The molecule has 1 N–H and O–H groups in total. The van der Waals surface area contributed by atoms with E-state index >= 15 is 0 Å². The summed E-state index contributed by atoms with van der Waals surface area (Å²) in [6.45, 7) is 6.57. The van der Waals surface area contributed by atoms with Crippen molar-refractivity contribution in [3.8, 4) is 0 Å². The number of benzene rings is 1. The predicted molar refractivity (Wildman–Crippen MR) is 73.1 cm³/mol. The van der Waals surface area contributed by atoms with Crippen LogP contribution >= 0.6 is 0 Å². The number of carbonyl (C=O) groups is 1. The molecule has 98 valence electrons. The van der Waals surface area contributed by atoms with Crippen molar-refractivity contribution in [1.29, 1.82) is 0 Å². The van der Waals surface area contributed by atoms with Crippen molar-refractivity contribution in [1.82, 2.24) is 0 Å². The summed E-state index contributed by atoms with van der Waals surface area (Å²) in [4.78, 5) is 11.2. The number of ketones is 1. The molecular formula is C15H21NO2. The Morgan fingerprint density at radius 3 is 2.44 bits per heavy atom. The van der Waals surface area contributed by atoms with Crippen molar-refractivity contribution < 1.29 is 9.53 Å². The predicted octanol–water partition coefficient (Wildman–Crippen LogP) is 3.12. The average molecular weight is 247 g/mol. The van der Waals surface area contributed by atoms with Gasteiger partial charge < -0.3 is 10.1 Å². The summed E-state index contributed by atoms with van der Waals surface area (Å²) in [5.41, 5.74) is 2.16. The summed E-state index contributed by atoms with van der Waals surface area (Å²) in [5, 5.41) is 3.45. The summed E-state index contributed by atoms with van der Waals surface area (Å²) >= 11 is 0. The van der Waals surface area contributed by atoms with Crippen molar-refractivity contribution >= 4 is 11.5 Å². The van der Waals surface area contributed by atoms with E-state index in [0.717, 1.165) is 43.9 Å². The second-order valence-electron chi connectivity index (χ2n) is 5.41. The van der Waals surface area contributed by atoms with Crippen LogP contribution < -0.4 is 5.32 Å². The number of hydrogen-bond acceptors (Lipinski definition) is 3. The van der Waals surface area contributed by atoms with Gasteiger partial charge in [0.2, 0.25) is 0 Å². The molecule has 2 rings (SSSR count). The lowest BCUT2D eigenvalue weighted by Crippen LogP contribution is -2.33. The number of rotatable bonds is 4. The molecule has 18 heavy (non-hydrogen) atoms. The molecule has 1 heterocycles. The van der Waals surface area contributed by atoms with E-state index in [2.05, 4.69) is 12.2 Å². The van der Waals surface area contributed by atoms with Gasteiger partial charge in [-0.2, -0.15) is 0 Å². The molecule has 0 saturated carbocycles. The molecule has 1 aliphatic heterocycles. The van der Waals surface area contributed by atoms with Crippen LogP contribution in [0, 0.1) is 5.41 Å². The quantitative estimate of drug-likeness (QED) is 0.831. The van der Waals surface area contributed by atoms with E-state index in [1.54, 1.807) is 6.92 Å². The lowest BCUT2D eigenvalue weighted by atomic mass is 9.82. The molecule has 1 saturated heterocycles. The topological polar surface area (TPSA) is 38.3 Å². The van der Waals surface area contributed by atoms with Gasteiger partial charge in [-0.1, -0.05) is 6.92 Å². The van der Waals surface area contributed by atoms with Crippen molar-refractivity contribution in [3.63, 3.8) is 0 Å². The maximum Gasteiger partial charge on any atom is 0.159 e. The maximum atomic E-state index is 11.2. The summed E-state index contributed by atoms with van der Waals surface area (Å²) in [6.07, 6.45) is 2.21. The van der Waals surface area contributed by atoms with E-state index in [4.69, 9.17) is 4.74 Å². The molecular weight excluding hydrogens is 226 g/mol. The van der Waals surface area contributed by atoms with E-state index in [1.807, 2.05) is 24.3 Å². The first-order chi connectivity index (χ1) is 8.59. The molecule has 0 bridgehead atoms. The zero-order chi connectivity index (χ0) is 13.0. The molecule has 1 aliphatic rings. The van der Waals surface area contributed by atoms with Gasteiger partial charge in [-0.3, -0.25) is 4.79 Å². The molecule has 0 aromatic heterocycles.